The second-order valence-corrected chi connectivity index (χ2v) is 8.37. The van der Waals surface area contributed by atoms with E-state index in [4.69, 9.17) is 4.42 Å². The van der Waals surface area contributed by atoms with Crippen LogP contribution in [0.25, 0.3) is 17.1 Å². The predicted octanol–water partition coefficient (Wildman–Crippen LogP) is 4.84. The molecule has 2 heterocycles. The maximum atomic E-state index is 12.2. The summed E-state index contributed by atoms with van der Waals surface area (Å²) in [6.07, 6.45) is 1.47. The van der Waals surface area contributed by atoms with Crippen LogP contribution in [-0.2, 0) is 4.79 Å². The van der Waals surface area contributed by atoms with Crippen molar-refractivity contribution in [3.05, 3.63) is 82.7 Å². The molecule has 0 aliphatic rings. The molecule has 7 nitrogen and oxygen atoms in total. The van der Waals surface area contributed by atoms with Crippen molar-refractivity contribution in [3.8, 4) is 17.1 Å². The molecule has 0 aliphatic heterocycles. The Morgan fingerprint density at radius 2 is 1.90 bits per heavy atom. The second kappa shape index (κ2) is 9.76. The van der Waals surface area contributed by atoms with E-state index in [2.05, 4.69) is 36.7 Å². The summed E-state index contributed by atoms with van der Waals surface area (Å²) >= 11 is 4.75. The van der Waals surface area contributed by atoms with Crippen molar-refractivity contribution in [3.63, 3.8) is 0 Å². The largest absolute Gasteiger partial charge is 0.460 e. The summed E-state index contributed by atoms with van der Waals surface area (Å²) in [5.41, 5.74) is 4.34. The molecule has 2 aromatic heterocycles. The number of halogens is 1. The molecule has 0 spiro atoms. The topological polar surface area (TPSA) is 85.3 Å². The molecule has 9 heteroatoms. The van der Waals surface area contributed by atoms with Crippen molar-refractivity contribution in [1.29, 1.82) is 0 Å². The average molecular weight is 496 g/mol. The van der Waals surface area contributed by atoms with Crippen molar-refractivity contribution in [2.24, 2.45) is 5.10 Å². The Labute approximate surface area is 191 Å². The van der Waals surface area contributed by atoms with Gasteiger partial charge in [0.15, 0.2) is 11.0 Å². The Morgan fingerprint density at radius 3 is 2.61 bits per heavy atom. The number of benzene rings is 2. The summed E-state index contributed by atoms with van der Waals surface area (Å²) < 4.78 is 8.31. The first-order valence-electron chi connectivity index (χ1n) is 9.38. The van der Waals surface area contributed by atoms with E-state index in [0.29, 0.717) is 16.7 Å². The van der Waals surface area contributed by atoms with Crippen LogP contribution in [0, 0.1) is 6.92 Å². The molecule has 31 heavy (non-hydrogen) atoms. The minimum absolute atomic E-state index is 0.139. The van der Waals surface area contributed by atoms with Crippen LogP contribution >= 0.6 is 27.7 Å². The number of hydrogen-bond donors (Lipinski definition) is 1. The molecule has 0 atom stereocenters. The van der Waals surface area contributed by atoms with Gasteiger partial charge in [0.2, 0.25) is 0 Å². The van der Waals surface area contributed by atoms with Gasteiger partial charge in [0.1, 0.15) is 11.5 Å². The zero-order valence-corrected chi connectivity index (χ0v) is 18.9. The minimum atomic E-state index is -0.252. The van der Waals surface area contributed by atoms with E-state index >= 15 is 0 Å². The lowest BCUT2D eigenvalue weighted by Crippen LogP contribution is -2.19. The molecule has 0 fully saturated rings. The number of carbonyl (C=O) groups excluding carboxylic acids is 1. The molecule has 0 bridgehead atoms. The van der Waals surface area contributed by atoms with Gasteiger partial charge in [0.05, 0.1) is 12.0 Å². The Balaban J connectivity index is 1.50. The number of thioether (sulfide) groups is 1. The molecule has 1 amide bonds. The van der Waals surface area contributed by atoms with Gasteiger partial charge in [-0.05, 0) is 43.3 Å². The molecule has 0 aliphatic carbocycles. The summed E-state index contributed by atoms with van der Waals surface area (Å²) in [6, 6.07) is 21.3. The van der Waals surface area contributed by atoms with Crippen LogP contribution < -0.4 is 5.43 Å². The van der Waals surface area contributed by atoms with Gasteiger partial charge in [-0.1, -0.05) is 58.0 Å². The lowest BCUT2D eigenvalue weighted by molar-refractivity contribution is -0.118. The maximum Gasteiger partial charge on any atom is 0.250 e. The third-order valence-electron chi connectivity index (χ3n) is 4.22. The Bertz CT molecular complexity index is 1200. The molecule has 0 radical (unpaired) electrons. The lowest BCUT2D eigenvalue weighted by atomic mass is 10.2. The number of amides is 1. The number of nitrogens with zero attached hydrogens (tertiary/aromatic N) is 4. The number of hydrogen-bond acceptors (Lipinski definition) is 6. The van der Waals surface area contributed by atoms with Crippen molar-refractivity contribution in [1.82, 2.24) is 20.2 Å². The SMILES string of the molecule is Cc1ccc(/C=N/NC(=O)CSc2nnc(-c3ccc(Br)cc3)n2-c2ccccc2)o1. The number of nitrogens with one attached hydrogen (secondary N) is 1. The quantitative estimate of drug-likeness (QED) is 0.225. The van der Waals surface area contributed by atoms with Gasteiger partial charge in [0, 0.05) is 15.7 Å². The van der Waals surface area contributed by atoms with Crippen molar-refractivity contribution in [2.45, 2.75) is 12.1 Å². The fourth-order valence-electron chi connectivity index (χ4n) is 2.81. The summed E-state index contributed by atoms with van der Waals surface area (Å²) in [5, 5.41) is 13.2. The number of furan rings is 1. The highest BCUT2D eigenvalue weighted by Crippen LogP contribution is 2.28. The molecule has 0 saturated heterocycles. The number of para-hydroxylation sites is 1. The zero-order chi connectivity index (χ0) is 21.6. The summed E-state index contributed by atoms with van der Waals surface area (Å²) in [5.74, 6) is 1.95. The van der Waals surface area contributed by atoms with Gasteiger partial charge in [-0.25, -0.2) is 5.43 Å². The van der Waals surface area contributed by atoms with Gasteiger partial charge in [-0.3, -0.25) is 9.36 Å². The first kappa shape index (κ1) is 21.1. The molecule has 2 aromatic carbocycles. The first-order valence-corrected chi connectivity index (χ1v) is 11.2. The van der Waals surface area contributed by atoms with E-state index < -0.39 is 0 Å². The fourth-order valence-corrected chi connectivity index (χ4v) is 3.82. The number of carbonyl (C=O) groups is 1. The summed E-state index contributed by atoms with van der Waals surface area (Å²) in [6.45, 7) is 1.85. The van der Waals surface area contributed by atoms with E-state index in [-0.39, 0.29) is 11.7 Å². The minimum Gasteiger partial charge on any atom is -0.460 e. The van der Waals surface area contributed by atoms with E-state index in [9.17, 15) is 4.79 Å². The summed E-state index contributed by atoms with van der Waals surface area (Å²) in [4.78, 5) is 12.2. The smallest absolute Gasteiger partial charge is 0.250 e. The van der Waals surface area contributed by atoms with Gasteiger partial charge < -0.3 is 4.42 Å². The van der Waals surface area contributed by atoms with Crippen LogP contribution in [-0.4, -0.2) is 32.6 Å². The normalized spacial score (nSPS) is 11.2. The molecule has 0 saturated carbocycles. The van der Waals surface area contributed by atoms with Crippen LogP contribution in [0.1, 0.15) is 11.5 Å². The highest BCUT2D eigenvalue weighted by Gasteiger charge is 2.17. The number of rotatable bonds is 7. The lowest BCUT2D eigenvalue weighted by Gasteiger charge is -2.10. The van der Waals surface area contributed by atoms with Crippen LogP contribution in [0.2, 0.25) is 0 Å². The number of hydrazone groups is 1. The monoisotopic (exact) mass is 495 g/mol. The third-order valence-corrected chi connectivity index (χ3v) is 5.68. The van der Waals surface area contributed by atoms with Crippen LogP contribution in [0.15, 0.2) is 85.9 Å². The van der Waals surface area contributed by atoms with E-state index in [0.717, 1.165) is 21.5 Å². The maximum absolute atomic E-state index is 12.2. The standard InChI is InChI=1S/C22H18BrN5O2S/c1-15-7-12-19(30-15)13-24-25-20(29)14-31-22-27-26-21(16-8-10-17(23)11-9-16)28(22)18-5-3-2-4-6-18/h2-13H,14H2,1H3,(H,25,29)/b24-13+. The second-order valence-electron chi connectivity index (χ2n) is 6.51. The predicted molar refractivity (Wildman–Crippen MR) is 124 cm³/mol. The van der Waals surface area contributed by atoms with E-state index in [1.807, 2.05) is 72.2 Å². The molecule has 0 unspecified atom stereocenters. The highest BCUT2D eigenvalue weighted by molar-refractivity contribution is 9.10. The highest BCUT2D eigenvalue weighted by atomic mass is 79.9. The van der Waals surface area contributed by atoms with Crippen LogP contribution in [0.4, 0.5) is 0 Å². The Kier molecular flexibility index (Phi) is 6.63. The number of aryl methyl sites for hydroxylation is 1. The molecule has 1 N–H and O–H groups in total. The average Bonchev–Trinajstić information content (AvgIpc) is 3.39. The van der Waals surface area contributed by atoms with Gasteiger partial charge in [-0.2, -0.15) is 5.10 Å². The van der Waals surface area contributed by atoms with E-state index in [1.54, 1.807) is 6.07 Å². The molecule has 156 valence electrons. The number of aromatic nitrogens is 3. The zero-order valence-electron chi connectivity index (χ0n) is 16.5. The molecular formula is C22H18BrN5O2S. The van der Waals surface area contributed by atoms with Gasteiger partial charge in [-0.15, -0.1) is 10.2 Å². The first-order chi connectivity index (χ1) is 15.1. The van der Waals surface area contributed by atoms with Gasteiger partial charge >= 0.3 is 0 Å². The van der Waals surface area contributed by atoms with Crippen molar-refractivity contribution >= 4 is 39.8 Å². The molecular weight excluding hydrogens is 478 g/mol. The molecule has 4 rings (SSSR count). The van der Waals surface area contributed by atoms with Crippen molar-refractivity contribution < 1.29 is 9.21 Å². The third kappa shape index (κ3) is 5.31. The van der Waals surface area contributed by atoms with Crippen molar-refractivity contribution in [2.75, 3.05) is 5.75 Å². The fraction of sp³-hybridized carbons (Fsp3) is 0.0909. The molecule has 4 aromatic rings. The van der Waals surface area contributed by atoms with Gasteiger partial charge in [0.25, 0.3) is 5.91 Å². The van der Waals surface area contributed by atoms with E-state index in [1.165, 1.54) is 18.0 Å². The Morgan fingerprint density at radius 1 is 1.13 bits per heavy atom. The summed E-state index contributed by atoms with van der Waals surface area (Å²) in [7, 11) is 0. The van der Waals surface area contributed by atoms with Crippen LogP contribution in [0.5, 0.6) is 0 Å². The van der Waals surface area contributed by atoms with Crippen LogP contribution in [0.3, 0.4) is 0 Å². The Hall–Kier alpha value is -3.17.